The minimum Gasteiger partial charge on any atom is -0.406 e. The summed E-state index contributed by atoms with van der Waals surface area (Å²) in [6.45, 7) is 0. The smallest absolute Gasteiger partial charge is 0.406 e. The third-order valence-electron chi connectivity index (χ3n) is 2.47. The van der Waals surface area contributed by atoms with Crippen LogP contribution in [0.15, 0.2) is 30.3 Å². The number of aromatic amines is 1. The topological polar surface area (TPSA) is 63.9 Å². The first-order chi connectivity index (χ1) is 8.92. The Morgan fingerprint density at radius 3 is 2.63 bits per heavy atom. The second-order valence-electron chi connectivity index (χ2n) is 4.01. The highest BCUT2D eigenvalue weighted by molar-refractivity contribution is 5.31. The van der Waals surface area contributed by atoms with Crippen molar-refractivity contribution in [2.75, 3.05) is 5.73 Å². The van der Waals surface area contributed by atoms with Crippen LogP contribution in [0.1, 0.15) is 11.3 Å². The number of rotatable bonds is 4. The number of H-pyrrole nitrogens is 1. The average molecular weight is 271 g/mol. The summed E-state index contributed by atoms with van der Waals surface area (Å²) in [5.74, 6) is 0.179. The molecule has 3 N–H and O–H groups in total. The minimum atomic E-state index is -4.67. The second kappa shape index (κ2) is 5.21. The number of ether oxygens (including phenoxy) is 1. The second-order valence-corrected chi connectivity index (χ2v) is 4.01. The van der Waals surface area contributed by atoms with Crippen LogP contribution in [0.25, 0.3) is 0 Å². The van der Waals surface area contributed by atoms with E-state index in [1.807, 2.05) is 0 Å². The van der Waals surface area contributed by atoms with Crippen LogP contribution in [-0.2, 0) is 12.8 Å². The molecule has 0 saturated carbocycles. The fourth-order valence-electron chi connectivity index (χ4n) is 1.68. The summed E-state index contributed by atoms with van der Waals surface area (Å²) < 4.78 is 40.1. The van der Waals surface area contributed by atoms with Gasteiger partial charge in [0.2, 0.25) is 0 Å². The van der Waals surface area contributed by atoms with Gasteiger partial charge in [-0.25, -0.2) is 0 Å². The Balaban J connectivity index is 1.99. The maximum atomic E-state index is 12.1. The van der Waals surface area contributed by atoms with Gasteiger partial charge in [-0.1, -0.05) is 12.1 Å². The van der Waals surface area contributed by atoms with Crippen molar-refractivity contribution in [2.24, 2.45) is 0 Å². The molecule has 0 unspecified atom stereocenters. The quantitative estimate of drug-likeness (QED) is 0.898. The van der Waals surface area contributed by atoms with Gasteiger partial charge >= 0.3 is 6.36 Å². The van der Waals surface area contributed by atoms with Gasteiger partial charge in [-0.15, -0.1) is 13.2 Å². The van der Waals surface area contributed by atoms with Crippen molar-refractivity contribution in [2.45, 2.75) is 19.2 Å². The summed E-state index contributed by atoms with van der Waals surface area (Å²) in [7, 11) is 0. The molecule has 2 rings (SSSR count). The summed E-state index contributed by atoms with van der Waals surface area (Å²) in [5.41, 5.74) is 7.03. The monoisotopic (exact) mass is 271 g/mol. The number of anilines is 1. The van der Waals surface area contributed by atoms with E-state index in [1.54, 1.807) is 12.1 Å². The molecule has 0 aliphatic heterocycles. The number of nitrogens with two attached hydrogens (primary N) is 1. The predicted octanol–water partition coefficient (Wildman–Crippen LogP) is 2.68. The lowest BCUT2D eigenvalue weighted by Crippen LogP contribution is -2.17. The predicted molar refractivity (Wildman–Crippen MR) is 63.5 cm³/mol. The van der Waals surface area contributed by atoms with Crippen LogP contribution >= 0.6 is 0 Å². The molecular weight excluding hydrogens is 259 g/mol. The minimum absolute atomic E-state index is 0.214. The fourth-order valence-corrected chi connectivity index (χ4v) is 1.68. The Morgan fingerprint density at radius 2 is 2.00 bits per heavy atom. The molecule has 0 aliphatic rings. The molecular formula is C12H12F3N3O. The van der Waals surface area contributed by atoms with Gasteiger partial charge in [0.1, 0.15) is 11.6 Å². The number of nitrogen functional groups attached to an aromatic ring is 1. The van der Waals surface area contributed by atoms with Crippen LogP contribution < -0.4 is 10.5 Å². The highest BCUT2D eigenvalue weighted by Gasteiger charge is 2.31. The Morgan fingerprint density at radius 1 is 1.21 bits per heavy atom. The molecule has 19 heavy (non-hydrogen) atoms. The molecule has 0 bridgehead atoms. The molecule has 1 aromatic heterocycles. The molecule has 0 radical (unpaired) electrons. The lowest BCUT2D eigenvalue weighted by molar-refractivity contribution is -0.274. The third-order valence-corrected chi connectivity index (χ3v) is 2.47. The van der Waals surface area contributed by atoms with Crippen LogP contribution in [0.2, 0.25) is 0 Å². The van der Waals surface area contributed by atoms with Gasteiger partial charge in [-0.3, -0.25) is 5.10 Å². The number of benzene rings is 1. The number of nitrogens with zero attached hydrogens (tertiary/aromatic N) is 1. The van der Waals surface area contributed by atoms with Crippen LogP contribution in [0.5, 0.6) is 5.75 Å². The van der Waals surface area contributed by atoms with Crippen molar-refractivity contribution in [1.29, 1.82) is 0 Å². The van der Waals surface area contributed by atoms with Gasteiger partial charge in [0, 0.05) is 11.8 Å². The van der Waals surface area contributed by atoms with Crippen molar-refractivity contribution in [3.63, 3.8) is 0 Å². The van der Waals surface area contributed by atoms with E-state index in [1.165, 1.54) is 18.2 Å². The SMILES string of the molecule is Nc1cc(CCc2cccc(OC(F)(F)F)c2)[nH]n1. The molecule has 7 heteroatoms. The van der Waals surface area contributed by atoms with Gasteiger partial charge < -0.3 is 10.5 Å². The zero-order chi connectivity index (χ0) is 13.9. The van der Waals surface area contributed by atoms with Crippen molar-refractivity contribution in [3.8, 4) is 5.75 Å². The van der Waals surface area contributed by atoms with Crippen LogP contribution in [0.4, 0.5) is 19.0 Å². The molecule has 0 aliphatic carbocycles. The average Bonchev–Trinajstić information content (AvgIpc) is 2.71. The Kier molecular flexibility index (Phi) is 3.64. The standard InChI is InChI=1S/C12H12F3N3O/c13-12(14,15)19-10-3-1-2-8(6-10)4-5-9-7-11(16)18-17-9/h1-3,6-7H,4-5H2,(H3,16,17,18). The van der Waals surface area contributed by atoms with Gasteiger partial charge in [-0.2, -0.15) is 5.10 Å². The largest absolute Gasteiger partial charge is 0.573 e. The molecule has 0 amide bonds. The van der Waals surface area contributed by atoms with Crippen molar-refractivity contribution >= 4 is 5.82 Å². The molecule has 1 heterocycles. The first-order valence-corrected chi connectivity index (χ1v) is 5.57. The fraction of sp³-hybridized carbons (Fsp3) is 0.250. The Bertz CT molecular complexity index is 551. The molecule has 0 atom stereocenters. The molecule has 0 spiro atoms. The van der Waals surface area contributed by atoms with E-state index in [4.69, 9.17) is 5.73 Å². The molecule has 1 aromatic carbocycles. The number of aryl methyl sites for hydroxylation is 2. The molecule has 0 fully saturated rings. The Hall–Kier alpha value is -2.18. The van der Waals surface area contributed by atoms with E-state index in [0.29, 0.717) is 18.7 Å². The van der Waals surface area contributed by atoms with E-state index in [0.717, 1.165) is 11.3 Å². The number of halogens is 3. The maximum absolute atomic E-state index is 12.1. The van der Waals surface area contributed by atoms with Crippen molar-refractivity contribution in [3.05, 3.63) is 41.6 Å². The first kappa shape index (κ1) is 13.3. The summed E-state index contributed by atoms with van der Waals surface area (Å²) >= 11 is 0. The maximum Gasteiger partial charge on any atom is 0.573 e. The first-order valence-electron chi connectivity index (χ1n) is 5.57. The van der Waals surface area contributed by atoms with E-state index in [2.05, 4.69) is 14.9 Å². The number of alkyl halides is 3. The van der Waals surface area contributed by atoms with Gasteiger partial charge in [0.15, 0.2) is 0 Å². The van der Waals surface area contributed by atoms with Crippen molar-refractivity contribution in [1.82, 2.24) is 10.2 Å². The summed E-state index contributed by atoms with van der Waals surface area (Å²) in [4.78, 5) is 0. The van der Waals surface area contributed by atoms with Crippen molar-refractivity contribution < 1.29 is 17.9 Å². The van der Waals surface area contributed by atoms with Crippen LogP contribution in [0.3, 0.4) is 0 Å². The van der Waals surface area contributed by atoms with E-state index in [-0.39, 0.29) is 5.75 Å². The molecule has 4 nitrogen and oxygen atoms in total. The van der Waals surface area contributed by atoms with E-state index >= 15 is 0 Å². The molecule has 2 aromatic rings. The van der Waals surface area contributed by atoms with E-state index < -0.39 is 6.36 Å². The van der Waals surface area contributed by atoms with Crippen LogP contribution in [0, 0.1) is 0 Å². The highest BCUT2D eigenvalue weighted by atomic mass is 19.4. The lowest BCUT2D eigenvalue weighted by Gasteiger charge is -2.09. The third kappa shape index (κ3) is 4.20. The zero-order valence-electron chi connectivity index (χ0n) is 9.87. The number of nitrogens with one attached hydrogen (secondary N) is 1. The summed E-state index contributed by atoms with van der Waals surface area (Å²) in [6, 6.07) is 7.59. The van der Waals surface area contributed by atoms with Gasteiger partial charge in [0.05, 0.1) is 0 Å². The normalized spacial score (nSPS) is 11.5. The summed E-state index contributed by atoms with van der Waals surface area (Å²) in [5, 5.41) is 6.52. The van der Waals surface area contributed by atoms with Crippen LogP contribution in [-0.4, -0.2) is 16.6 Å². The number of aromatic nitrogens is 2. The Labute approximate surface area is 107 Å². The number of hydrogen-bond donors (Lipinski definition) is 2. The zero-order valence-corrected chi connectivity index (χ0v) is 9.87. The highest BCUT2D eigenvalue weighted by Crippen LogP contribution is 2.23. The van der Waals surface area contributed by atoms with E-state index in [9.17, 15) is 13.2 Å². The van der Waals surface area contributed by atoms with Gasteiger partial charge in [0.25, 0.3) is 0 Å². The van der Waals surface area contributed by atoms with Gasteiger partial charge in [-0.05, 0) is 30.5 Å². The lowest BCUT2D eigenvalue weighted by atomic mass is 10.1. The number of hydrogen-bond acceptors (Lipinski definition) is 3. The molecule has 0 saturated heterocycles. The summed E-state index contributed by atoms with van der Waals surface area (Å²) in [6.07, 6.45) is -3.49. The molecule has 102 valence electrons.